The Balaban J connectivity index is 2.04. The SMILES string of the molecule is Cc1nc(C)c(-c2ccc(-c3sc(C)nc3C)[se]2)s1. The Hall–Kier alpha value is -0.741. The number of hydrogen-bond acceptors (Lipinski definition) is 4. The summed E-state index contributed by atoms with van der Waals surface area (Å²) in [5.74, 6) is 0. The Kier molecular flexibility index (Phi) is 3.48. The summed E-state index contributed by atoms with van der Waals surface area (Å²) in [6, 6.07) is 4.54. The van der Waals surface area contributed by atoms with Crippen LogP contribution in [0.5, 0.6) is 0 Å². The molecule has 0 aromatic carbocycles. The van der Waals surface area contributed by atoms with Gasteiger partial charge in [-0.05, 0) is 0 Å². The summed E-state index contributed by atoms with van der Waals surface area (Å²) in [4.78, 5) is 11.8. The Morgan fingerprint density at radius 3 is 1.53 bits per heavy atom. The van der Waals surface area contributed by atoms with E-state index in [-0.39, 0.29) is 0 Å². The fourth-order valence-electron chi connectivity index (χ4n) is 2.10. The molecule has 0 radical (unpaired) electrons. The van der Waals surface area contributed by atoms with Gasteiger partial charge in [-0.3, -0.25) is 0 Å². The molecule has 0 N–H and O–H groups in total. The van der Waals surface area contributed by atoms with Gasteiger partial charge in [-0.1, -0.05) is 0 Å². The van der Waals surface area contributed by atoms with E-state index in [0.717, 1.165) is 10.0 Å². The van der Waals surface area contributed by atoms with Gasteiger partial charge in [0.1, 0.15) is 0 Å². The number of nitrogens with zero attached hydrogens (tertiary/aromatic N) is 2. The van der Waals surface area contributed by atoms with Crippen LogP contribution >= 0.6 is 22.7 Å². The van der Waals surface area contributed by atoms with E-state index in [4.69, 9.17) is 0 Å². The molecule has 0 aliphatic heterocycles. The van der Waals surface area contributed by atoms with Gasteiger partial charge in [0, 0.05) is 0 Å². The van der Waals surface area contributed by atoms with E-state index in [9.17, 15) is 0 Å². The molecule has 0 saturated heterocycles. The van der Waals surface area contributed by atoms with Crippen LogP contribution in [0.2, 0.25) is 0 Å². The second-order valence-electron chi connectivity index (χ2n) is 4.46. The van der Waals surface area contributed by atoms with E-state index in [2.05, 4.69) is 49.8 Å². The van der Waals surface area contributed by atoms with Crippen molar-refractivity contribution in [1.29, 1.82) is 0 Å². The fourth-order valence-corrected chi connectivity index (χ4v) is 6.82. The van der Waals surface area contributed by atoms with Crippen LogP contribution in [-0.2, 0) is 0 Å². The van der Waals surface area contributed by atoms with Crippen molar-refractivity contribution >= 4 is 37.2 Å². The zero-order chi connectivity index (χ0) is 13.6. The first-order valence-electron chi connectivity index (χ1n) is 6.03. The van der Waals surface area contributed by atoms with Crippen LogP contribution < -0.4 is 0 Å². The second kappa shape index (κ2) is 4.98. The monoisotopic (exact) mass is 354 g/mol. The fraction of sp³-hybridized carbons (Fsp3) is 0.286. The predicted octanol–water partition coefficient (Wildman–Crippen LogP) is 4.22. The quantitative estimate of drug-likeness (QED) is 0.645. The van der Waals surface area contributed by atoms with Crippen LogP contribution in [0, 0.1) is 27.7 Å². The van der Waals surface area contributed by atoms with Crippen molar-refractivity contribution in [3.05, 3.63) is 33.5 Å². The minimum atomic E-state index is 0.382. The van der Waals surface area contributed by atoms with E-state index in [1.54, 1.807) is 0 Å². The Morgan fingerprint density at radius 1 is 0.789 bits per heavy atom. The molecule has 0 saturated carbocycles. The Morgan fingerprint density at radius 2 is 1.21 bits per heavy atom. The summed E-state index contributed by atoms with van der Waals surface area (Å²) < 4.78 is 2.91. The molecule has 0 unspecified atom stereocenters. The predicted molar refractivity (Wildman–Crippen MR) is 84.5 cm³/mol. The third-order valence-corrected chi connectivity index (χ3v) is 8.01. The molecule has 3 aromatic heterocycles. The Labute approximate surface area is 126 Å². The number of thiazole rings is 2. The van der Waals surface area contributed by atoms with E-state index < -0.39 is 0 Å². The van der Waals surface area contributed by atoms with Crippen molar-refractivity contribution in [2.24, 2.45) is 0 Å². The average Bonchev–Trinajstić information content (AvgIpc) is 2.99. The summed E-state index contributed by atoms with van der Waals surface area (Å²) in [6.45, 7) is 8.37. The normalized spacial score (nSPS) is 11.2. The third-order valence-electron chi connectivity index (χ3n) is 2.86. The van der Waals surface area contributed by atoms with Gasteiger partial charge in [0.05, 0.1) is 0 Å². The van der Waals surface area contributed by atoms with Gasteiger partial charge in [-0.2, -0.15) is 0 Å². The first-order valence-corrected chi connectivity index (χ1v) is 9.38. The average molecular weight is 353 g/mol. The number of aromatic nitrogens is 2. The molecule has 3 aromatic rings. The third kappa shape index (κ3) is 2.48. The molecular weight excluding hydrogens is 339 g/mol. The van der Waals surface area contributed by atoms with Gasteiger partial charge in [0.25, 0.3) is 0 Å². The number of aryl methyl sites for hydroxylation is 4. The van der Waals surface area contributed by atoms with Gasteiger partial charge in [-0.15, -0.1) is 0 Å². The van der Waals surface area contributed by atoms with Gasteiger partial charge < -0.3 is 0 Å². The number of rotatable bonds is 2. The molecular formula is C14H14N2S2Se. The van der Waals surface area contributed by atoms with Crippen molar-refractivity contribution in [2.45, 2.75) is 27.7 Å². The maximum atomic E-state index is 4.53. The summed E-state index contributed by atoms with van der Waals surface area (Å²) in [5, 5.41) is 2.31. The van der Waals surface area contributed by atoms with Crippen LogP contribution in [0.4, 0.5) is 0 Å². The zero-order valence-electron chi connectivity index (χ0n) is 11.3. The van der Waals surface area contributed by atoms with Crippen molar-refractivity contribution in [2.75, 3.05) is 0 Å². The van der Waals surface area contributed by atoms with Gasteiger partial charge in [0.15, 0.2) is 0 Å². The molecule has 2 nitrogen and oxygen atoms in total. The first-order chi connectivity index (χ1) is 9.04. The minimum absolute atomic E-state index is 0.382. The van der Waals surface area contributed by atoms with Crippen molar-refractivity contribution in [3.8, 4) is 18.6 Å². The summed E-state index contributed by atoms with van der Waals surface area (Å²) >= 11 is 4.00. The molecule has 0 atom stereocenters. The van der Waals surface area contributed by atoms with Crippen LogP contribution in [0.3, 0.4) is 0 Å². The van der Waals surface area contributed by atoms with Crippen LogP contribution in [0.15, 0.2) is 12.1 Å². The summed E-state index contributed by atoms with van der Waals surface area (Å²) in [6.07, 6.45) is 0. The molecule has 3 rings (SSSR count). The molecule has 19 heavy (non-hydrogen) atoms. The zero-order valence-corrected chi connectivity index (χ0v) is 14.6. The van der Waals surface area contributed by atoms with Crippen LogP contribution in [-0.4, -0.2) is 24.5 Å². The standard InChI is InChI=1S/C14H14N2S2Se/c1-7-13(17-9(3)15-7)11-5-6-12(19-11)14-8(2)16-10(4)18-14/h5-6H,1-4H3. The summed E-state index contributed by atoms with van der Waals surface area (Å²) in [7, 11) is 0. The first kappa shape index (κ1) is 13.3. The van der Waals surface area contributed by atoms with Crippen LogP contribution in [0.25, 0.3) is 18.6 Å². The number of hydrogen-bond donors (Lipinski definition) is 0. The van der Waals surface area contributed by atoms with Gasteiger partial charge >= 0.3 is 127 Å². The van der Waals surface area contributed by atoms with Gasteiger partial charge in [-0.25, -0.2) is 0 Å². The van der Waals surface area contributed by atoms with E-state index >= 15 is 0 Å². The molecule has 98 valence electrons. The molecule has 0 fully saturated rings. The topological polar surface area (TPSA) is 25.8 Å². The second-order valence-corrected chi connectivity index (χ2v) is 9.14. The van der Waals surface area contributed by atoms with Gasteiger partial charge in [0.2, 0.25) is 0 Å². The molecule has 0 aliphatic carbocycles. The van der Waals surface area contributed by atoms with E-state index in [0.29, 0.717) is 14.5 Å². The van der Waals surface area contributed by atoms with Crippen molar-refractivity contribution in [1.82, 2.24) is 9.97 Å². The molecule has 0 aliphatic rings. The van der Waals surface area contributed by atoms with Crippen LogP contribution in [0.1, 0.15) is 21.4 Å². The molecule has 0 bridgehead atoms. The van der Waals surface area contributed by atoms with E-state index in [1.807, 2.05) is 22.7 Å². The molecule has 0 spiro atoms. The molecule has 0 amide bonds. The van der Waals surface area contributed by atoms with Crippen molar-refractivity contribution in [3.63, 3.8) is 0 Å². The van der Waals surface area contributed by atoms with Crippen molar-refractivity contribution < 1.29 is 0 Å². The maximum absolute atomic E-state index is 4.53. The Bertz CT molecular complexity index is 676. The molecule has 5 heteroatoms. The van der Waals surface area contributed by atoms with E-state index in [1.165, 1.54) is 30.0 Å². The molecule has 3 heterocycles. The summed E-state index contributed by atoms with van der Waals surface area (Å²) in [5.41, 5.74) is 2.34.